The number of nitrogens with one attached hydrogen (secondary N) is 1. The predicted octanol–water partition coefficient (Wildman–Crippen LogP) is 0.902. The average Bonchev–Trinajstić information content (AvgIpc) is 2.68. The van der Waals surface area contributed by atoms with E-state index in [1.165, 1.54) is 32.1 Å². The molecule has 0 aliphatic rings. The zero-order chi connectivity index (χ0) is 21.9. The van der Waals surface area contributed by atoms with E-state index in [-0.39, 0.29) is 44.0 Å². The Bertz CT molecular complexity index is 469. The molecule has 0 aromatic heterocycles. The Labute approximate surface area is 206 Å². The number of esters is 1. The predicted molar refractivity (Wildman–Crippen MR) is 116 cm³/mol. The summed E-state index contributed by atoms with van der Waals surface area (Å²) in [4.78, 5) is 35.9. The maximum Gasteiger partial charge on any atom is 1.00 e. The van der Waals surface area contributed by atoms with Crippen molar-refractivity contribution in [2.45, 2.75) is 103 Å². The van der Waals surface area contributed by atoms with Crippen LogP contribution in [0.2, 0.25) is 0 Å². The number of nitrogens with two attached hydrogens (primary N) is 1. The van der Waals surface area contributed by atoms with Gasteiger partial charge in [-0.15, -0.1) is 0 Å². The van der Waals surface area contributed by atoms with E-state index in [4.69, 9.17) is 10.5 Å². The Balaban J connectivity index is -0.00000392. The third-order valence-electron chi connectivity index (χ3n) is 5.04. The van der Waals surface area contributed by atoms with E-state index < -0.39 is 29.8 Å². The molecule has 0 aliphatic carbocycles. The Kier molecular flexibility index (Phi) is 22.7. The second-order valence-corrected chi connectivity index (χ2v) is 7.66. The number of carboxylic acids is 1. The number of carbonyl (C=O) groups is 3. The maximum absolute atomic E-state index is 12.3. The van der Waals surface area contributed by atoms with Gasteiger partial charge in [0.25, 0.3) is 0 Å². The van der Waals surface area contributed by atoms with E-state index in [0.717, 1.165) is 25.7 Å². The monoisotopic (exact) mass is 438 g/mol. The van der Waals surface area contributed by atoms with Crippen molar-refractivity contribution in [2.24, 2.45) is 11.7 Å². The van der Waals surface area contributed by atoms with Crippen LogP contribution in [0.15, 0.2) is 0 Å². The van der Waals surface area contributed by atoms with Crippen molar-refractivity contribution in [2.75, 3.05) is 13.2 Å². The molecule has 0 rings (SSSR count). The molecule has 4 N–H and O–H groups in total. The second kappa shape index (κ2) is 21.6. The summed E-state index contributed by atoms with van der Waals surface area (Å²) in [7, 11) is 0. The first-order chi connectivity index (χ1) is 14.0. The fourth-order valence-corrected chi connectivity index (χ4v) is 3.30. The van der Waals surface area contributed by atoms with Crippen LogP contribution in [0.1, 0.15) is 98.7 Å². The molecule has 0 saturated heterocycles. The largest absolute Gasteiger partial charge is 1.00 e. The fourth-order valence-electron chi connectivity index (χ4n) is 3.30. The normalized spacial score (nSPS) is 12.5. The van der Waals surface area contributed by atoms with Crippen molar-refractivity contribution in [3.05, 3.63) is 0 Å². The number of carbonyl (C=O) groups excluding carboxylic acids is 2. The number of hydrogen-bond acceptors (Lipinski definition) is 5. The van der Waals surface area contributed by atoms with Crippen molar-refractivity contribution < 1.29 is 55.2 Å². The number of aliphatic carboxylic acids is 1. The van der Waals surface area contributed by atoms with Gasteiger partial charge >= 0.3 is 41.5 Å². The van der Waals surface area contributed by atoms with Gasteiger partial charge in [-0.2, -0.15) is 0 Å². The van der Waals surface area contributed by atoms with Gasteiger partial charge in [-0.3, -0.25) is 9.59 Å². The molecular formula is C22H43N2NaO5. The van der Waals surface area contributed by atoms with Crippen LogP contribution in [0.25, 0.3) is 0 Å². The van der Waals surface area contributed by atoms with Crippen molar-refractivity contribution in [1.29, 1.82) is 0 Å². The van der Waals surface area contributed by atoms with Crippen LogP contribution in [0.3, 0.4) is 0 Å². The molecule has 7 nitrogen and oxygen atoms in total. The first-order valence-electron chi connectivity index (χ1n) is 11.3. The van der Waals surface area contributed by atoms with Crippen molar-refractivity contribution in [3.8, 4) is 0 Å². The van der Waals surface area contributed by atoms with Gasteiger partial charge < -0.3 is 22.3 Å². The third kappa shape index (κ3) is 17.1. The minimum atomic E-state index is -0.959. The first kappa shape index (κ1) is 31.6. The summed E-state index contributed by atoms with van der Waals surface area (Å²) in [6, 6.07) is -0.744. The fraction of sp³-hybridized carbons (Fsp3) is 0.864. The number of carboxylic acid groups (broad SMARTS) is 1. The van der Waals surface area contributed by atoms with Gasteiger partial charge in [-0.05, 0) is 39.2 Å². The zero-order valence-electron chi connectivity index (χ0n) is 20.4. The van der Waals surface area contributed by atoms with Crippen LogP contribution in [-0.4, -0.2) is 42.1 Å². The van der Waals surface area contributed by atoms with Crippen LogP contribution in [0.5, 0.6) is 0 Å². The molecule has 0 radical (unpaired) electrons. The molecule has 0 aromatic carbocycles. The summed E-state index contributed by atoms with van der Waals surface area (Å²) in [6.45, 7) is 4.65. The number of ether oxygens (including phenoxy) is 1. The van der Waals surface area contributed by atoms with E-state index in [0.29, 0.717) is 25.8 Å². The van der Waals surface area contributed by atoms with Crippen LogP contribution in [0.4, 0.5) is 0 Å². The third-order valence-corrected chi connectivity index (χ3v) is 5.04. The molecule has 1 amide bonds. The van der Waals surface area contributed by atoms with E-state index >= 15 is 0 Å². The SMILES string of the molecule is CCCCCCCCCCC(CC(=O)N[C@@H](CCCCN)C(=O)OCC)C(=O)O.[H-].[Na+]. The molecule has 30 heavy (non-hydrogen) atoms. The molecule has 0 aromatic rings. The van der Waals surface area contributed by atoms with Gasteiger partial charge in [0.2, 0.25) is 5.91 Å². The van der Waals surface area contributed by atoms with Gasteiger partial charge in [0.05, 0.1) is 12.5 Å². The van der Waals surface area contributed by atoms with Crippen molar-refractivity contribution in [3.63, 3.8) is 0 Å². The van der Waals surface area contributed by atoms with Gasteiger partial charge in [-0.25, -0.2) is 4.79 Å². The van der Waals surface area contributed by atoms with Gasteiger partial charge in [0, 0.05) is 6.42 Å². The molecule has 2 atom stereocenters. The minimum absolute atomic E-state index is 0. The second-order valence-electron chi connectivity index (χ2n) is 7.66. The quantitative estimate of drug-likeness (QED) is 0.157. The molecule has 1 unspecified atom stereocenters. The van der Waals surface area contributed by atoms with Gasteiger partial charge in [0.15, 0.2) is 0 Å². The summed E-state index contributed by atoms with van der Waals surface area (Å²) >= 11 is 0. The molecule has 0 bridgehead atoms. The summed E-state index contributed by atoms with van der Waals surface area (Å²) < 4.78 is 5.01. The van der Waals surface area contributed by atoms with Gasteiger partial charge in [-0.1, -0.05) is 58.3 Å². The Morgan fingerprint density at radius 1 is 0.933 bits per heavy atom. The zero-order valence-corrected chi connectivity index (χ0v) is 21.4. The molecule has 0 saturated carbocycles. The minimum Gasteiger partial charge on any atom is -1.00 e. The average molecular weight is 439 g/mol. The van der Waals surface area contributed by atoms with Gasteiger partial charge in [0.1, 0.15) is 6.04 Å². The van der Waals surface area contributed by atoms with E-state index in [9.17, 15) is 19.5 Å². The van der Waals surface area contributed by atoms with Crippen LogP contribution in [-0.2, 0) is 19.1 Å². The molecule has 0 aliphatic heterocycles. The first-order valence-corrected chi connectivity index (χ1v) is 11.3. The molecular weight excluding hydrogens is 395 g/mol. The molecule has 8 heteroatoms. The van der Waals surface area contributed by atoms with Crippen LogP contribution >= 0.6 is 0 Å². The molecule has 0 heterocycles. The Morgan fingerprint density at radius 3 is 2.03 bits per heavy atom. The smallest absolute Gasteiger partial charge is 1.00 e. The van der Waals surface area contributed by atoms with Crippen molar-refractivity contribution >= 4 is 17.8 Å². The Morgan fingerprint density at radius 2 is 1.50 bits per heavy atom. The molecule has 0 spiro atoms. The van der Waals surface area contributed by atoms with E-state index in [1.807, 2.05) is 0 Å². The summed E-state index contributed by atoms with van der Waals surface area (Å²) in [5, 5.41) is 12.1. The molecule has 172 valence electrons. The maximum atomic E-state index is 12.3. The van der Waals surface area contributed by atoms with E-state index in [1.54, 1.807) is 6.92 Å². The summed E-state index contributed by atoms with van der Waals surface area (Å²) in [5.41, 5.74) is 5.48. The van der Waals surface area contributed by atoms with E-state index in [2.05, 4.69) is 12.2 Å². The number of hydrogen-bond donors (Lipinski definition) is 3. The number of unbranched alkanes of at least 4 members (excludes halogenated alkanes) is 8. The summed E-state index contributed by atoms with van der Waals surface area (Å²) in [5.74, 6) is -2.57. The van der Waals surface area contributed by atoms with Crippen molar-refractivity contribution in [1.82, 2.24) is 5.32 Å². The Hall–Kier alpha value is -0.630. The standard InChI is InChI=1S/C22H42N2O5.Na.H/c1-3-5-6-7-8-9-10-11-14-18(21(26)27)17-20(25)24-19(15-12-13-16-23)22(28)29-4-2;;/h18-19H,3-17,23H2,1-2H3,(H,24,25)(H,26,27);;/q;+1;-1/t18?,19-;;/m0../s1. The number of amides is 1. The summed E-state index contributed by atoms with van der Waals surface area (Å²) in [6.07, 6.45) is 11.3. The number of rotatable bonds is 19. The molecule has 0 fully saturated rings. The van der Waals surface area contributed by atoms with Crippen LogP contribution < -0.4 is 40.6 Å². The van der Waals surface area contributed by atoms with Crippen LogP contribution in [0, 0.1) is 5.92 Å². The topological polar surface area (TPSA) is 119 Å².